The molecular formula is C18H26N2S. The number of hydrogen-bond acceptors (Lipinski definition) is 3. The third-order valence-corrected chi connectivity index (χ3v) is 4.76. The fourth-order valence-corrected chi connectivity index (χ4v) is 3.18. The van der Waals surface area contributed by atoms with Gasteiger partial charge in [0.25, 0.3) is 0 Å². The summed E-state index contributed by atoms with van der Waals surface area (Å²) in [5.74, 6) is 0. The second kappa shape index (κ2) is 8.32. The molecule has 0 saturated heterocycles. The van der Waals surface area contributed by atoms with Crippen LogP contribution in [-0.4, -0.2) is 24.5 Å². The zero-order valence-electron chi connectivity index (χ0n) is 13.3. The van der Waals surface area contributed by atoms with E-state index < -0.39 is 0 Å². The summed E-state index contributed by atoms with van der Waals surface area (Å²) in [6, 6.07) is 13.9. The van der Waals surface area contributed by atoms with E-state index in [1.54, 1.807) is 0 Å². The lowest BCUT2D eigenvalue weighted by Crippen LogP contribution is -2.30. The van der Waals surface area contributed by atoms with Gasteiger partial charge in [0, 0.05) is 24.0 Å². The van der Waals surface area contributed by atoms with Crippen LogP contribution in [0.2, 0.25) is 0 Å². The normalized spacial score (nSPS) is 12.8. The average Bonchev–Trinajstić information content (AvgIpc) is 2.99. The van der Waals surface area contributed by atoms with E-state index in [2.05, 4.69) is 72.9 Å². The molecule has 0 amide bonds. The molecule has 0 bridgehead atoms. The van der Waals surface area contributed by atoms with Gasteiger partial charge in [0.1, 0.15) is 0 Å². The molecule has 0 fully saturated rings. The van der Waals surface area contributed by atoms with E-state index in [1.807, 2.05) is 11.3 Å². The number of thiophene rings is 1. The second-order valence-corrected chi connectivity index (χ2v) is 6.68. The Labute approximate surface area is 132 Å². The van der Waals surface area contributed by atoms with Gasteiger partial charge in [-0.3, -0.25) is 4.90 Å². The van der Waals surface area contributed by atoms with Crippen LogP contribution in [-0.2, 0) is 19.5 Å². The molecule has 0 spiro atoms. The maximum atomic E-state index is 3.36. The van der Waals surface area contributed by atoms with Crippen LogP contribution in [0.1, 0.15) is 29.9 Å². The molecule has 114 valence electrons. The molecule has 0 aliphatic heterocycles. The first-order valence-corrected chi connectivity index (χ1v) is 8.58. The summed E-state index contributed by atoms with van der Waals surface area (Å²) in [5.41, 5.74) is 2.74. The maximum Gasteiger partial charge on any atom is 0.0233 e. The monoisotopic (exact) mass is 302 g/mol. The largest absolute Gasteiger partial charge is 0.313 e. The predicted octanol–water partition coefficient (Wildman–Crippen LogP) is 3.92. The fraction of sp³-hybridized carbons (Fsp3) is 0.444. The molecule has 1 aromatic carbocycles. The van der Waals surface area contributed by atoms with E-state index in [0.29, 0.717) is 6.04 Å². The van der Waals surface area contributed by atoms with Crippen molar-refractivity contribution in [3.63, 3.8) is 0 Å². The SMILES string of the molecule is CCNCc1ccc(CN(C)C(C)Cc2cccs2)cc1. The van der Waals surface area contributed by atoms with Crippen molar-refractivity contribution in [1.82, 2.24) is 10.2 Å². The first-order valence-electron chi connectivity index (χ1n) is 7.70. The third kappa shape index (κ3) is 5.27. The van der Waals surface area contributed by atoms with Crippen molar-refractivity contribution in [1.29, 1.82) is 0 Å². The van der Waals surface area contributed by atoms with Gasteiger partial charge in [-0.25, -0.2) is 0 Å². The summed E-state index contributed by atoms with van der Waals surface area (Å²) in [7, 11) is 2.21. The van der Waals surface area contributed by atoms with Crippen molar-refractivity contribution in [2.75, 3.05) is 13.6 Å². The van der Waals surface area contributed by atoms with Crippen molar-refractivity contribution >= 4 is 11.3 Å². The van der Waals surface area contributed by atoms with E-state index >= 15 is 0 Å². The fourth-order valence-electron chi connectivity index (χ4n) is 2.35. The van der Waals surface area contributed by atoms with Crippen molar-refractivity contribution < 1.29 is 0 Å². The van der Waals surface area contributed by atoms with E-state index in [-0.39, 0.29) is 0 Å². The van der Waals surface area contributed by atoms with Crippen LogP contribution in [0.4, 0.5) is 0 Å². The Morgan fingerprint density at radius 1 is 1.14 bits per heavy atom. The zero-order chi connectivity index (χ0) is 15.1. The lowest BCUT2D eigenvalue weighted by molar-refractivity contribution is 0.249. The van der Waals surface area contributed by atoms with Gasteiger partial charge in [0.15, 0.2) is 0 Å². The third-order valence-electron chi connectivity index (χ3n) is 3.86. The number of nitrogens with one attached hydrogen (secondary N) is 1. The van der Waals surface area contributed by atoms with Crippen LogP contribution in [0.15, 0.2) is 41.8 Å². The predicted molar refractivity (Wildman–Crippen MR) is 92.8 cm³/mol. The van der Waals surface area contributed by atoms with Gasteiger partial charge in [0.2, 0.25) is 0 Å². The van der Waals surface area contributed by atoms with E-state index in [0.717, 1.165) is 26.1 Å². The molecule has 1 heterocycles. The van der Waals surface area contributed by atoms with Gasteiger partial charge in [-0.2, -0.15) is 0 Å². The summed E-state index contributed by atoms with van der Waals surface area (Å²) in [5, 5.41) is 5.52. The number of nitrogens with zero attached hydrogens (tertiary/aromatic N) is 1. The highest BCUT2D eigenvalue weighted by Crippen LogP contribution is 2.15. The number of hydrogen-bond donors (Lipinski definition) is 1. The molecule has 0 aliphatic carbocycles. The van der Waals surface area contributed by atoms with Crippen LogP contribution in [0.5, 0.6) is 0 Å². The topological polar surface area (TPSA) is 15.3 Å². The Balaban J connectivity index is 1.85. The number of rotatable bonds is 8. The molecule has 0 aliphatic rings. The smallest absolute Gasteiger partial charge is 0.0233 e. The van der Waals surface area contributed by atoms with Crippen LogP contribution in [0, 0.1) is 0 Å². The highest BCUT2D eigenvalue weighted by atomic mass is 32.1. The maximum absolute atomic E-state index is 3.36. The highest BCUT2D eigenvalue weighted by molar-refractivity contribution is 7.09. The van der Waals surface area contributed by atoms with Crippen molar-refractivity contribution in [2.24, 2.45) is 0 Å². The molecule has 3 heteroatoms. The van der Waals surface area contributed by atoms with E-state index in [4.69, 9.17) is 0 Å². The Hall–Kier alpha value is -1.16. The first-order chi connectivity index (χ1) is 10.2. The Kier molecular flexibility index (Phi) is 6.43. The average molecular weight is 302 g/mol. The van der Waals surface area contributed by atoms with Crippen molar-refractivity contribution in [3.05, 3.63) is 57.8 Å². The summed E-state index contributed by atoms with van der Waals surface area (Å²) in [6.45, 7) is 7.43. The van der Waals surface area contributed by atoms with Crippen LogP contribution in [0.3, 0.4) is 0 Å². The van der Waals surface area contributed by atoms with Crippen molar-refractivity contribution in [2.45, 2.75) is 39.4 Å². The van der Waals surface area contributed by atoms with Gasteiger partial charge in [-0.15, -0.1) is 11.3 Å². The van der Waals surface area contributed by atoms with Gasteiger partial charge >= 0.3 is 0 Å². The van der Waals surface area contributed by atoms with Gasteiger partial charge in [-0.1, -0.05) is 37.3 Å². The van der Waals surface area contributed by atoms with Gasteiger partial charge in [-0.05, 0) is 49.5 Å². The lowest BCUT2D eigenvalue weighted by atomic mass is 10.1. The minimum atomic E-state index is 0.560. The summed E-state index contributed by atoms with van der Waals surface area (Å²) < 4.78 is 0. The standard InChI is InChI=1S/C18H26N2S/c1-4-19-13-16-7-9-17(10-8-16)14-20(3)15(2)12-18-6-5-11-21-18/h5-11,15,19H,4,12-14H2,1-3H3. The molecule has 21 heavy (non-hydrogen) atoms. The molecule has 2 aromatic rings. The molecular weight excluding hydrogens is 276 g/mol. The summed E-state index contributed by atoms with van der Waals surface area (Å²) in [4.78, 5) is 3.90. The van der Waals surface area contributed by atoms with Crippen molar-refractivity contribution in [3.8, 4) is 0 Å². The number of likely N-dealkylation sites (N-methyl/N-ethyl adjacent to an activating group) is 1. The molecule has 1 unspecified atom stereocenters. The molecule has 0 saturated carbocycles. The van der Waals surface area contributed by atoms with Crippen LogP contribution in [0.25, 0.3) is 0 Å². The first kappa shape index (κ1) is 16.2. The van der Waals surface area contributed by atoms with Gasteiger partial charge < -0.3 is 5.32 Å². The Bertz CT molecular complexity index is 505. The quantitative estimate of drug-likeness (QED) is 0.795. The van der Waals surface area contributed by atoms with Crippen LogP contribution < -0.4 is 5.32 Å². The lowest BCUT2D eigenvalue weighted by Gasteiger charge is -2.24. The molecule has 1 aromatic heterocycles. The molecule has 1 N–H and O–H groups in total. The molecule has 1 atom stereocenters. The minimum Gasteiger partial charge on any atom is -0.313 e. The van der Waals surface area contributed by atoms with E-state index in [1.165, 1.54) is 16.0 Å². The van der Waals surface area contributed by atoms with E-state index in [9.17, 15) is 0 Å². The Morgan fingerprint density at radius 2 is 1.86 bits per heavy atom. The van der Waals surface area contributed by atoms with Crippen LogP contribution >= 0.6 is 11.3 Å². The highest BCUT2D eigenvalue weighted by Gasteiger charge is 2.11. The summed E-state index contributed by atoms with van der Waals surface area (Å²) >= 11 is 1.85. The second-order valence-electron chi connectivity index (χ2n) is 5.64. The Morgan fingerprint density at radius 3 is 2.48 bits per heavy atom. The molecule has 2 rings (SSSR count). The number of benzene rings is 1. The minimum absolute atomic E-state index is 0.560. The molecule has 2 nitrogen and oxygen atoms in total. The molecule has 0 radical (unpaired) electrons. The zero-order valence-corrected chi connectivity index (χ0v) is 14.1. The summed E-state index contributed by atoms with van der Waals surface area (Å²) in [6.07, 6.45) is 1.13. The van der Waals surface area contributed by atoms with Gasteiger partial charge in [0.05, 0.1) is 0 Å².